The second kappa shape index (κ2) is 15.9. The zero-order valence-electron chi connectivity index (χ0n) is 19.0. The van der Waals surface area contributed by atoms with E-state index < -0.39 is 34.5 Å². The second-order valence-corrected chi connectivity index (χ2v) is 9.15. The van der Waals surface area contributed by atoms with Gasteiger partial charge in [0.15, 0.2) is 0 Å². The predicted octanol–water partition coefficient (Wildman–Crippen LogP) is -1.77. The molecule has 0 saturated heterocycles. The van der Waals surface area contributed by atoms with Gasteiger partial charge in [-0.2, -0.15) is 0 Å². The van der Waals surface area contributed by atoms with E-state index in [-0.39, 0.29) is 13.2 Å². The number of likely N-dealkylation sites (N-methyl/N-ethyl adjacent to an activating group) is 2. The van der Waals surface area contributed by atoms with Gasteiger partial charge in [0.25, 0.3) is 0 Å². The summed E-state index contributed by atoms with van der Waals surface area (Å²) in [5.41, 5.74) is 0. The van der Waals surface area contributed by atoms with Crippen molar-refractivity contribution in [3.63, 3.8) is 0 Å². The van der Waals surface area contributed by atoms with Crippen molar-refractivity contribution in [2.24, 2.45) is 0 Å². The molecule has 0 spiro atoms. The number of rotatable bonds is 10. The molecule has 0 aliphatic rings. The molecular formula is C18H36N2O10S. The summed E-state index contributed by atoms with van der Waals surface area (Å²) < 4.78 is 44.7. The molecule has 0 aromatic carbocycles. The monoisotopic (exact) mass is 472 g/mol. The number of nitrogens with zero attached hydrogens (tertiary/aromatic N) is 2. The molecule has 0 rings (SSSR count). The van der Waals surface area contributed by atoms with Crippen LogP contribution in [0.4, 0.5) is 0 Å². The summed E-state index contributed by atoms with van der Waals surface area (Å²) in [4.78, 5) is 21.3. The fourth-order valence-electron chi connectivity index (χ4n) is 1.84. The van der Waals surface area contributed by atoms with Crippen molar-refractivity contribution >= 4 is 22.3 Å². The maximum atomic E-state index is 10.6. The molecule has 2 N–H and O–H groups in total. The Bertz CT molecular complexity index is 601. The molecule has 31 heavy (non-hydrogen) atoms. The van der Waals surface area contributed by atoms with Crippen molar-refractivity contribution in [2.45, 2.75) is 12.2 Å². The zero-order chi connectivity index (χ0) is 25.5. The number of carbonyl (C=O) groups excluding carboxylic acids is 2. The third-order valence-corrected chi connectivity index (χ3v) is 2.69. The lowest BCUT2D eigenvalue weighted by Crippen LogP contribution is -2.43. The number of hydrogen-bond acceptors (Lipinski definition) is 10. The average Bonchev–Trinajstić information content (AvgIpc) is 2.53. The molecule has 12 nitrogen and oxygen atoms in total. The molecule has 13 heteroatoms. The molecule has 2 atom stereocenters. The maximum Gasteiger partial charge on any atom is 0.330 e. The van der Waals surface area contributed by atoms with Crippen LogP contribution >= 0.6 is 0 Å². The van der Waals surface area contributed by atoms with Crippen LogP contribution in [0.2, 0.25) is 0 Å². The molecule has 0 radical (unpaired) electrons. The van der Waals surface area contributed by atoms with Gasteiger partial charge >= 0.3 is 11.9 Å². The van der Waals surface area contributed by atoms with Gasteiger partial charge in [0.05, 0.1) is 42.3 Å². The van der Waals surface area contributed by atoms with E-state index in [1.165, 1.54) is 0 Å². The summed E-state index contributed by atoms with van der Waals surface area (Å²) in [6, 6.07) is 0. The van der Waals surface area contributed by atoms with Gasteiger partial charge in [0, 0.05) is 22.6 Å². The summed E-state index contributed by atoms with van der Waals surface area (Å²) in [5.74, 6) is -0.999. The predicted molar refractivity (Wildman–Crippen MR) is 111 cm³/mol. The van der Waals surface area contributed by atoms with Gasteiger partial charge in [-0.1, -0.05) is 13.2 Å². The Kier molecular flexibility index (Phi) is 17.3. The van der Waals surface area contributed by atoms with E-state index in [9.17, 15) is 19.8 Å². The number of hydrogen-bond donors (Lipinski definition) is 2. The van der Waals surface area contributed by atoms with E-state index in [2.05, 4.69) is 22.6 Å². The Balaban J connectivity index is -0.000000416. The molecule has 184 valence electrons. The minimum Gasteiger partial charge on any atom is -0.759 e. The first kappa shape index (κ1) is 33.8. The van der Waals surface area contributed by atoms with Gasteiger partial charge in [-0.05, 0) is 0 Å². The quantitative estimate of drug-likeness (QED) is 0.122. The molecule has 0 fully saturated rings. The zero-order valence-corrected chi connectivity index (χ0v) is 19.8. The number of carbonyl (C=O) groups is 2. The normalized spacial score (nSPS) is 13.2. The van der Waals surface area contributed by atoms with Gasteiger partial charge in [0.1, 0.15) is 38.5 Å². The van der Waals surface area contributed by atoms with Crippen LogP contribution in [0.1, 0.15) is 0 Å². The van der Waals surface area contributed by atoms with Crippen molar-refractivity contribution in [2.75, 3.05) is 68.6 Å². The topological polar surface area (TPSA) is 173 Å². The van der Waals surface area contributed by atoms with Crippen molar-refractivity contribution in [1.82, 2.24) is 0 Å². The van der Waals surface area contributed by atoms with Crippen LogP contribution in [-0.4, -0.2) is 129 Å². The lowest BCUT2D eigenvalue weighted by Gasteiger charge is -2.26. The Morgan fingerprint density at radius 1 is 0.839 bits per heavy atom. The lowest BCUT2D eigenvalue weighted by atomic mass is 10.3. The van der Waals surface area contributed by atoms with E-state index in [0.717, 1.165) is 12.2 Å². The Labute approximate surface area is 184 Å². The van der Waals surface area contributed by atoms with Crippen molar-refractivity contribution in [1.29, 1.82) is 0 Å². The molecular weight excluding hydrogens is 436 g/mol. The second-order valence-electron chi connectivity index (χ2n) is 8.33. The first-order chi connectivity index (χ1) is 13.7. The summed E-state index contributed by atoms with van der Waals surface area (Å²) in [6.45, 7) is 7.65. The highest BCUT2D eigenvalue weighted by molar-refractivity contribution is 7.79. The number of quaternary nitrogens is 2. The average molecular weight is 473 g/mol. The molecule has 0 aliphatic heterocycles. The van der Waals surface area contributed by atoms with Crippen molar-refractivity contribution < 1.29 is 55.8 Å². The van der Waals surface area contributed by atoms with E-state index in [4.69, 9.17) is 17.5 Å². The smallest absolute Gasteiger partial charge is 0.330 e. The molecule has 0 aliphatic carbocycles. The number of ether oxygens (including phenoxy) is 2. The summed E-state index contributed by atoms with van der Waals surface area (Å²) in [5, 5.41) is 18.8. The Morgan fingerprint density at radius 3 is 1.23 bits per heavy atom. The SMILES string of the molecule is C=CC(=O)OCC(O)C[N+](C)(C)C.C=CC(=O)OCC(O)C[N+](C)(C)C.O=S(=O)([O-])[O-]. The van der Waals surface area contributed by atoms with Crippen LogP contribution in [0.15, 0.2) is 25.3 Å². The first-order valence-corrected chi connectivity index (χ1v) is 10.3. The molecule has 0 amide bonds. The standard InChI is InChI=1S/2C9H18NO3.H2O4S/c2*1-5-9(12)13-7-8(11)6-10(2,3)4;1-5(2,3)4/h2*5,8,11H,1,6-7H2,2-4H3;(H2,1,2,3,4)/q2*+1;/p-2. The van der Waals surface area contributed by atoms with E-state index in [1.807, 2.05) is 42.3 Å². The highest BCUT2D eigenvalue weighted by Crippen LogP contribution is 1.97. The van der Waals surface area contributed by atoms with Crippen LogP contribution in [0.3, 0.4) is 0 Å². The summed E-state index contributed by atoms with van der Waals surface area (Å²) in [7, 11) is 6.57. The molecule has 0 aromatic heterocycles. The molecule has 0 saturated carbocycles. The molecule has 0 heterocycles. The Hall–Kier alpha value is -1.87. The minimum atomic E-state index is -5.17. The van der Waals surface area contributed by atoms with Gasteiger partial charge in [0.2, 0.25) is 0 Å². The van der Waals surface area contributed by atoms with Gasteiger partial charge in [-0.25, -0.2) is 9.59 Å². The Morgan fingerprint density at radius 2 is 1.06 bits per heavy atom. The highest BCUT2D eigenvalue weighted by Gasteiger charge is 2.17. The molecule has 0 aromatic rings. The number of esters is 2. The fraction of sp³-hybridized carbons (Fsp3) is 0.667. The summed E-state index contributed by atoms with van der Waals surface area (Å²) in [6.07, 6.45) is 0.921. The van der Waals surface area contributed by atoms with E-state index in [0.29, 0.717) is 22.1 Å². The van der Waals surface area contributed by atoms with Crippen LogP contribution in [-0.2, 0) is 29.5 Å². The number of aliphatic hydroxyl groups excluding tert-OH is 2. The van der Waals surface area contributed by atoms with Gasteiger partial charge in [-0.3, -0.25) is 8.42 Å². The van der Waals surface area contributed by atoms with Gasteiger partial charge < -0.3 is 37.8 Å². The van der Waals surface area contributed by atoms with Gasteiger partial charge in [-0.15, -0.1) is 0 Å². The largest absolute Gasteiger partial charge is 0.759 e. The van der Waals surface area contributed by atoms with E-state index >= 15 is 0 Å². The fourth-order valence-corrected chi connectivity index (χ4v) is 1.84. The van der Waals surface area contributed by atoms with Crippen LogP contribution < -0.4 is 0 Å². The van der Waals surface area contributed by atoms with Crippen molar-refractivity contribution in [3.05, 3.63) is 25.3 Å². The first-order valence-electron chi connectivity index (χ1n) is 8.92. The third-order valence-electron chi connectivity index (χ3n) is 2.69. The van der Waals surface area contributed by atoms with Crippen LogP contribution in [0.5, 0.6) is 0 Å². The van der Waals surface area contributed by atoms with E-state index in [1.54, 1.807) is 0 Å². The van der Waals surface area contributed by atoms with Crippen LogP contribution in [0.25, 0.3) is 0 Å². The van der Waals surface area contributed by atoms with Crippen molar-refractivity contribution in [3.8, 4) is 0 Å². The highest BCUT2D eigenvalue weighted by atomic mass is 32.3. The van der Waals surface area contributed by atoms with Crippen LogP contribution in [0, 0.1) is 0 Å². The molecule has 2 unspecified atom stereocenters. The number of aliphatic hydroxyl groups is 2. The maximum absolute atomic E-state index is 10.6. The minimum absolute atomic E-state index is 0.0281. The third kappa shape index (κ3) is 39.2. The lowest BCUT2D eigenvalue weighted by molar-refractivity contribution is -0.873. The summed E-state index contributed by atoms with van der Waals surface area (Å²) >= 11 is 0. The molecule has 0 bridgehead atoms.